The molecular formula is C14H21N3O3. The molecule has 3 N–H and O–H groups in total. The summed E-state index contributed by atoms with van der Waals surface area (Å²) in [5.41, 5.74) is 5.16. The van der Waals surface area contributed by atoms with E-state index in [0.29, 0.717) is 19.5 Å². The summed E-state index contributed by atoms with van der Waals surface area (Å²) in [6.07, 6.45) is 4.90. The quantitative estimate of drug-likeness (QED) is 0.809. The fourth-order valence-corrected chi connectivity index (χ4v) is 2.78. The van der Waals surface area contributed by atoms with Crippen LogP contribution in [0.25, 0.3) is 0 Å². The minimum Gasteiger partial charge on any atom is -0.496 e. The Labute approximate surface area is 118 Å². The number of pyridine rings is 1. The maximum Gasteiger partial charge on any atom is 0.220 e. The van der Waals surface area contributed by atoms with Crippen LogP contribution in [0.3, 0.4) is 0 Å². The monoisotopic (exact) mass is 279 g/mol. The van der Waals surface area contributed by atoms with Crippen LogP contribution in [0.15, 0.2) is 18.5 Å². The van der Waals surface area contributed by atoms with Crippen LogP contribution in [0.5, 0.6) is 5.75 Å². The van der Waals surface area contributed by atoms with Gasteiger partial charge in [0.05, 0.1) is 19.1 Å². The zero-order chi connectivity index (χ0) is 14.6. The molecule has 110 valence electrons. The molecule has 2 heterocycles. The van der Waals surface area contributed by atoms with Gasteiger partial charge >= 0.3 is 0 Å². The van der Waals surface area contributed by atoms with Crippen molar-refractivity contribution in [2.24, 2.45) is 5.73 Å². The molecule has 1 unspecified atom stereocenters. The highest BCUT2D eigenvalue weighted by atomic mass is 16.5. The minimum absolute atomic E-state index is 0.00761. The zero-order valence-electron chi connectivity index (χ0n) is 11.7. The van der Waals surface area contributed by atoms with Gasteiger partial charge < -0.3 is 15.6 Å². The summed E-state index contributed by atoms with van der Waals surface area (Å²) in [5.74, 6) is 0.317. The molecule has 20 heavy (non-hydrogen) atoms. The van der Waals surface area contributed by atoms with Crippen LogP contribution in [0.2, 0.25) is 0 Å². The number of carbonyl (C=O) groups excluding carboxylic acids is 1. The normalized spacial score (nSPS) is 23.5. The van der Waals surface area contributed by atoms with E-state index in [9.17, 15) is 9.90 Å². The highest BCUT2D eigenvalue weighted by molar-refractivity contribution is 5.75. The van der Waals surface area contributed by atoms with Crippen molar-refractivity contribution in [3.8, 4) is 5.75 Å². The van der Waals surface area contributed by atoms with E-state index in [2.05, 4.69) is 9.88 Å². The summed E-state index contributed by atoms with van der Waals surface area (Å²) in [5, 5.41) is 10.4. The second kappa shape index (κ2) is 6.19. The molecule has 6 nitrogen and oxygen atoms in total. The summed E-state index contributed by atoms with van der Waals surface area (Å²) >= 11 is 0. The fourth-order valence-electron chi connectivity index (χ4n) is 2.78. The number of rotatable bonds is 5. The van der Waals surface area contributed by atoms with Crippen molar-refractivity contribution in [2.75, 3.05) is 20.2 Å². The van der Waals surface area contributed by atoms with E-state index in [1.807, 2.05) is 6.07 Å². The van der Waals surface area contributed by atoms with Crippen molar-refractivity contribution in [3.05, 3.63) is 24.0 Å². The molecule has 0 saturated carbocycles. The van der Waals surface area contributed by atoms with Crippen LogP contribution in [0.4, 0.5) is 0 Å². The first kappa shape index (κ1) is 14.7. The zero-order valence-corrected chi connectivity index (χ0v) is 11.7. The first-order chi connectivity index (χ1) is 9.52. The lowest BCUT2D eigenvalue weighted by molar-refractivity contribution is -0.125. The van der Waals surface area contributed by atoms with E-state index in [0.717, 1.165) is 24.3 Å². The summed E-state index contributed by atoms with van der Waals surface area (Å²) in [7, 11) is 1.62. The SMILES string of the molecule is COc1ccncc1CN1CCCC(O)(CC(N)=O)C1. The summed E-state index contributed by atoms with van der Waals surface area (Å²) < 4.78 is 5.30. The first-order valence-electron chi connectivity index (χ1n) is 6.72. The minimum atomic E-state index is -1.01. The number of hydrogen-bond acceptors (Lipinski definition) is 5. The molecule has 2 rings (SSSR count). The van der Waals surface area contributed by atoms with Gasteiger partial charge in [0.1, 0.15) is 5.75 Å². The Kier molecular flexibility index (Phi) is 4.57. The number of nitrogens with zero attached hydrogens (tertiary/aromatic N) is 2. The van der Waals surface area contributed by atoms with Crippen molar-refractivity contribution in [1.29, 1.82) is 0 Å². The van der Waals surface area contributed by atoms with Crippen molar-refractivity contribution in [2.45, 2.75) is 31.4 Å². The summed E-state index contributed by atoms with van der Waals surface area (Å²) in [6, 6.07) is 1.81. The number of aliphatic hydroxyl groups is 1. The van der Waals surface area contributed by atoms with E-state index in [-0.39, 0.29) is 6.42 Å². The molecule has 1 aromatic rings. The number of methoxy groups -OCH3 is 1. The Hall–Kier alpha value is -1.66. The maximum atomic E-state index is 11.1. The van der Waals surface area contributed by atoms with Gasteiger partial charge in [0.15, 0.2) is 0 Å². The molecule has 1 aliphatic heterocycles. The Morgan fingerprint density at radius 3 is 3.15 bits per heavy atom. The highest BCUT2D eigenvalue weighted by Crippen LogP contribution is 2.27. The molecule has 1 atom stereocenters. The predicted octanol–water partition coefficient (Wildman–Crippen LogP) is 0.293. The van der Waals surface area contributed by atoms with Crippen molar-refractivity contribution in [1.82, 2.24) is 9.88 Å². The number of nitrogens with two attached hydrogens (primary N) is 1. The number of primary amides is 1. The molecule has 6 heteroatoms. The van der Waals surface area contributed by atoms with E-state index in [1.54, 1.807) is 19.5 Å². The van der Waals surface area contributed by atoms with Gasteiger partial charge in [0.2, 0.25) is 5.91 Å². The average molecular weight is 279 g/mol. The number of hydrogen-bond donors (Lipinski definition) is 2. The van der Waals surface area contributed by atoms with Crippen LogP contribution in [0.1, 0.15) is 24.8 Å². The fraction of sp³-hybridized carbons (Fsp3) is 0.571. The number of amides is 1. The second-order valence-electron chi connectivity index (χ2n) is 5.37. The van der Waals surface area contributed by atoms with E-state index in [4.69, 9.17) is 10.5 Å². The molecule has 1 aromatic heterocycles. The van der Waals surface area contributed by atoms with Crippen LogP contribution < -0.4 is 10.5 Å². The molecule has 0 spiro atoms. The van der Waals surface area contributed by atoms with Crippen LogP contribution in [-0.2, 0) is 11.3 Å². The maximum absolute atomic E-state index is 11.1. The third kappa shape index (κ3) is 3.68. The third-order valence-electron chi connectivity index (χ3n) is 3.61. The van der Waals surface area contributed by atoms with Crippen LogP contribution in [0, 0.1) is 0 Å². The number of β-amino-alcohol motifs (C(OH)–C–C–N with tert-alkyl or cyclic N) is 1. The number of ether oxygens (including phenoxy) is 1. The average Bonchev–Trinajstić information content (AvgIpc) is 2.38. The highest BCUT2D eigenvalue weighted by Gasteiger charge is 2.34. The van der Waals surface area contributed by atoms with Gasteiger partial charge in [-0.15, -0.1) is 0 Å². The van der Waals surface area contributed by atoms with Gasteiger partial charge in [-0.1, -0.05) is 0 Å². The molecule has 0 aromatic carbocycles. The molecule has 1 aliphatic rings. The lowest BCUT2D eigenvalue weighted by Gasteiger charge is -2.38. The molecular weight excluding hydrogens is 258 g/mol. The number of carbonyl (C=O) groups is 1. The van der Waals surface area contributed by atoms with Crippen LogP contribution in [-0.4, -0.2) is 46.7 Å². The number of likely N-dealkylation sites (tertiary alicyclic amines) is 1. The molecule has 1 saturated heterocycles. The van der Waals surface area contributed by atoms with Crippen molar-refractivity contribution >= 4 is 5.91 Å². The van der Waals surface area contributed by atoms with Gasteiger partial charge in [-0.3, -0.25) is 14.7 Å². The van der Waals surface area contributed by atoms with Gasteiger partial charge in [-0.2, -0.15) is 0 Å². The smallest absolute Gasteiger partial charge is 0.220 e. The topological polar surface area (TPSA) is 88.7 Å². The van der Waals surface area contributed by atoms with Gasteiger partial charge in [0.25, 0.3) is 0 Å². The lowest BCUT2D eigenvalue weighted by Crippen LogP contribution is -2.49. The molecule has 0 radical (unpaired) electrons. The molecule has 1 fully saturated rings. The Morgan fingerprint density at radius 2 is 2.45 bits per heavy atom. The number of piperidine rings is 1. The van der Waals surface area contributed by atoms with E-state index < -0.39 is 11.5 Å². The Balaban J connectivity index is 2.04. The predicted molar refractivity (Wildman–Crippen MR) is 74.1 cm³/mol. The van der Waals surface area contributed by atoms with Crippen molar-refractivity contribution < 1.29 is 14.6 Å². The standard InChI is InChI=1S/C14H21N3O3/c1-20-12-3-5-16-8-11(12)9-17-6-2-4-14(19,10-17)7-13(15)18/h3,5,8,19H,2,4,6-7,9-10H2,1H3,(H2,15,18). The van der Waals surface area contributed by atoms with Gasteiger partial charge in [-0.05, 0) is 25.5 Å². The number of aromatic nitrogens is 1. The molecule has 1 amide bonds. The van der Waals surface area contributed by atoms with Gasteiger partial charge in [-0.25, -0.2) is 0 Å². The molecule has 0 aliphatic carbocycles. The lowest BCUT2D eigenvalue weighted by atomic mass is 9.89. The van der Waals surface area contributed by atoms with Crippen molar-refractivity contribution in [3.63, 3.8) is 0 Å². The summed E-state index contributed by atoms with van der Waals surface area (Å²) in [6.45, 7) is 1.95. The van der Waals surface area contributed by atoms with E-state index in [1.165, 1.54) is 0 Å². The Morgan fingerprint density at radius 1 is 1.65 bits per heavy atom. The van der Waals surface area contributed by atoms with E-state index >= 15 is 0 Å². The van der Waals surface area contributed by atoms with Crippen LogP contribution >= 0.6 is 0 Å². The second-order valence-corrected chi connectivity index (χ2v) is 5.37. The Bertz CT molecular complexity index is 480. The van der Waals surface area contributed by atoms with Gasteiger partial charge in [0, 0.05) is 31.0 Å². The first-order valence-corrected chi connectivity index (χ1v) is 6.72. The third-order valence-corrected chi connectivity index (χ3v) is 3.61. The molecule has 0 bridgehead atoms. The largest absolute Gasteiger partial charge is 0.496 e. The summed E-state index contributed by atoms with van der Waals surface area (Å²) in [4.78, 5) is 17.3.